The maximum atomic E-state index is 12.2. The summed E-state index contributed by atoms with van der Waals surface area (Å²) in [5.74, 6) is -3.74. The first-order valence-corrected chi connectivity index (χ1v) is 9.42. The lowest BCUT2D eigenvalue weighted by atomic mass is 9.97. The summed E-state index contributed by atoms with van der Waals surface area (Å²) in [6, 6.07) is 6.37. The number of carbonyl (C=O) groups is 4. The van der Waals surface area contributed by atoms with Crippen molar-refractivity contribution in [3.05, 3.63) is 36.5 Å². The highest BCUT2D eigenvalue weighted by molar-refractivity contribution is 5.94. The van der Waals surface area contributed by atoms with E-state index in [1.54, 1.807) is 24.3 Å². The summed E-state index contributed by atoms with van der Waals surface area (Å²) in [6.45, 7) is 1.47. The molecule has 0 aliphatic carbocycles. The van der Waals surface area contributed by atoms with Gasteiger partial charge in [-0.05, 0) is 37.1 Å². The average Bonchev–Trinajstić information content (AvgIpc) is 2.71. The molecule has 1 aromatic carbocycles. The zero-order valence-corrected chi connectivity index (χ0v) is 16.7. The van der Waals surface area contributed by atoms with E-state index < -0.39 is 36.4 Å². The fourth-order valence-corrected chi connectivity index (χ4v) is 2.84. The van der Waals surface area contributed by atoms with E-state index in [4.69, 9.17) is 4.74 Å². The first-order chi connectivity index (χ1) is 14.5. The third-order valence-electron chi connectivity index (χ3n) is 4.41. The molecule has 0 spiro atoms. The van der Waals surface area contributed by atoms with Crippen molar-refractivity contribution >= 4 is 34.9 Å². The number of alkyl halides is 3. The zero-order chi connectivity index (χ0) is 23.0. The molecule has 1 saturated heterocycles. The summed E-state index contributed by atoms with van der Waals surface area (Å²) in [5, 5.41) is 5.15. The Kier molecular flexibility index (Phi) is 8.17. The third kappa shape index (κ3) is 8.11. The minimum Gasteiger partial charge on any atom is -0.455 e. The van der Waals surface area contributed by atoms with Crippen molar-refractivity contribution in [3.63, 3.8) is 0 Å². The Morgan fingerprint density at radius 3 is 2.13 bits per heavy atom. The molecule has 2 rings (SSSR count). The molecule has 1 aromatic rings. The van der Waals surface area contributed by atoms with Crippen LogP contribution in [0.25, 0.3) is 0 Å². The number of likely N-dealkylation sites (tertiary alicyclic amines) is 1. The summed E-state index contributed by atoms with van der Waals surface area (Å²) < 4.78 is 41.6. The number of hydrogen-bond acceptors (Lipinski definition) is 6. The van der Waals surface area contributed by atoms with Crippen LogP contribution in [-0.2, 0) is 23.9 Å². The molecule has 2 N–H and O–H groups in total. The first kappa shape index (κ1) is 23.9. The lowest BCUT2D eigenvalue weighted by molar-refractivity contribution is -0.165. The van der Waals surface area contributed by atoms with Crippen LogP contribution in [0.1, 0.15) is 19.8 Å². The van der Waals surface area contributed by atoms with Gasteiger partial charge in [-0.25, -0.2) is 0 Å². The maximum Gasteiger partial charge on any atom is 0.454 e. The molecule has 11 heteroatoms. The number of allylic oxidation sites excluding steroid dienone is 1. The van der Waals surface area contributed by atoms with Gasteiger partial charge in [-0.2, -0.15) is 13.2 Å². The molecule has 168 valence electrons. The van der Waals surface area contributed by atoms with Gasteiger partial charge in [0.15, 0.2) is 6.61 Å². The SMILES string of the molecule is CC(=O)Nc1ccc(NC(=O)COC(=O)C2CCN(C=CC(=O)C(F)(F)F)CC2)cc1. The fourth-order valence-electron chi connectivity index (χ4n) is 2.84. The number of nitrogens with zero attached hydrogens (tertiary/aromatic N) is 1. The monoisotopic (exact) mass is 441 g/mol. The lowest BCUT2D eigenvalue weighted by Crippen LogP contribution is -2.35. The second kappa shape index (κ2) is 10.6. The van der Waals surface area contributed by atoms with Crippen molar-refractivity contribution in [2.24, 2.45) is 5.92 Å². The van der Waals surface area contributed by atoms with E-state index >= 15 is 0 Å². The molecule has 31 heavy (non-hydrogen) atoms. The fraction of sp³-hybridized carbons (Fsp3) is 0.400. The average molecular weight is 441 g/mol. The minimum absolute atomic E-state index is 0.222. The predicted octanol–water partition coefficient (Wildman–Crippen LogP) is 2.48. The molecular weight excluding hydrogens is 419 g/mol. The van der Waals surface area contributed by atoms with Crippen LogP contribution in [0.4, 0.5) is 24.5 Å². The molecule has 1 aliphatic rings. The topological polar surface area (TPSA) is 105 Å². The molecule has 0 unspecified atom stereocenters. The van der Waals surface area contributed by atoms with Gasteiger partial charge in [-0.1, -0.05) is 0 Å². The largest absolute Gasteiger partial charge is 0.455 e. The van der Waals surface area contributed by atoms with Crippen molar-refractivity contribution in [1.29, 1.82) is 0 Å². The van der Waals surface area contributed by atoms with Gasteiger partial charge in [0.25, 0.3) is 11.7 Å². The van der Waals surface area contributed by atoms with Gasteiger partial charge in [0, 0.05) is 43.7 Å². The summed E-state index contributed by atoms with van der Waals surface area (Å²) in [7, 11) is 0. The number of halogens is 3. The van der Waals surface area contributed by atoms with Crippen LogP contribution in [0.15, 0.2) is 36.5 Å². The second-order valence-electron chi connectivity index (χ2n) is 6.90. The lowest BCUT2D eigenvalue weighted by Gasteiger charge is -2.29. The quantitative estimate of drug-likeness (QED) is 0.498. The van der Waals surface area contributed by atoms with Crippen LogP contribution in [0.3, 0.4) is 0 Å². The second-order valence-corrected chi connectivity index (χ2v) is 6.90. The Bertz CT molecular complexity index is 845. The number of carbonyl (C=O) groups excluding carboxylic acids is 4. The number of amides is 2. The van der Waals surface area contributed by atoms with Gasteiger partial charge in [-0.15, -0.1) is 0 Å². The Morgan fingerprint density at radius 1 is 1.06 bits per heavy atom. The van der Waals surface area contributed by atoms with E-state index in [0.717, 1.165) is 6.20 Å². The van der Waals surface area contributed by atoms with Crippen LogP contribution in [0.5, 0.6) is 0 Å². The molecular formula is C20H22F3N3O5. The van der Waals surface area contributed by atoms with Gasteiger partial charge in [0.05, 0.1) is 5.92 Å². The number of anilines is 2. The van der Waals surface area contributed by atoms with Gasteiger partial charge in [-0.3, -0.25) is 19.2 Å². The van der Waals surface area contributed by atoms with E-state index in [1.807, 2.05) is 0 Å². The number of nitrogens with one attached hydrogen (secondary N) is 2. The van der Waals surface area contributed by atoms with Crippen LogP contribution in [0.2, 0.25) is 0 Å². The predicted molar refractivity (Wildman–Crippen MR) is 105 cm³/mol. The number of hydrogen-bond donors (Lipinski definition) is 2. The highest BCUT2D eigenvalue weighted by atomic mass is 19.4. The van der Waals surface area contributed by atoms with E-state index in [2.05, 4.69) is 10.6 Å². The summed E-state index contributed by atoms with van der Waals surface area (Å²) in [4.78, 5) is 47.4. The Balaban J connectivity index is 1.72. The van der Waals surface area contributed by atoms with Gasteiger partial charge < -0.3 is 20.3 Å². The van der Waals surface area contributed by atoms with Crippen molar-refractivity contribution in [1.82, 2.24) is 4.90 Å². The molecule has 0 atom stereocenters. The molecule has 0 aromatic heterocycles. The number of piperidine rings is 1. The highest BCUT2D eigenvalue weighted by Gasteiger charge is 2.36. The first-order valence-electron chi connectivity index (χ1n) is 9.42. The number of rotatable bonds is 7. The van der Waals surface area contributed by atoms with E-state index in [0.29, 0.717) is 30.3 Å². The van der Waals surface area contributed by atoms with Gasteiger partial charge in [0.1, 0.15) is 0 Å². The molecule has 0 radical (unpaired) electrons. The van der Waals surface area contributed by atoms with Crippen LogP contribution in [0, 0.1) is 5.92 Å². The number of ether oxygens (including phenoxy) is 1. The Hall–Kier alpha value is -3.37. The van der Waals surface area contributed by atoms with Crippen molar-refractivity contribution < 1.29 is 37.1 Å². The summed E-state index contributed by atoms with van der Waals surface area (Å²) >= 11 is 0. The van der Waals surface area contributed by atoms with Gasteiger partial charge in [0.2, 0.25) is 5.91 Å². The molecule has 1 fully saturated rings. The highest BCUT2D eigenvalue weighted by Crippen LogP contribution is 2.20. The van der Waals surface area contributed by atoms with Crippen molar-refractivity contribution in [2.45, 2.75) is 25.9 Å². The van der Waals surface area contributed by atoms with E-state index in [-0.39, 0.29) is 19.0 Å². The Morgan fingerprint density at radius 2 is 1.61 bits per heavy atom. The van der Waals surface area contributed by atoms with Crippen molar-refractivity contribution in [2.75, 3.05) is 30.3 Å². The number of benzene rings is 1. The Labute approximate surface area is 176 Å². The van der Waals surface area contributed by atoms with E-state index in [1.165, 1.54) is 11.8 Å². The number of esters is 1. The zero-order valence-electron chi connectivity index (χ0n) is 16.7. The molecule has 2 amide bonds. The van der Waals surface area contributed by atoms with Gasteiger partial charge >= 0.3 is 12.1 Å². The van der Waals surface area contributed by atoms with Crippen molar-refractivity contribution in [3.8, 4) is 0 Å². The minimum atomic E-state index is -4.91. The number of ketones is 1. The standard InChI is InChI=1S/C20H22F3N3O5/c1-13(27)24-15-2-4-16(5-3-15)25-18(29)12-31-19(30)14-6-9-26(10-7-14)11-8-17(28)20(21,22)23/h2-5,8,11,14H,6-7,9-10,12H2,1H3,(H,24,27)(H,25,29). The summed E-state index contributed by atoms with van der Waals surface area (Å²) in [5.41, 5.74) is 1.03. The summed E-state index contributed by atoms with van der Waals surface area (Å²) in [6.07, 6.45) is -2.72. The molecule has 1 heterocycles. The van der Waals surface area contributed by atoms with Crippen LogP contribution < -0.4 is 10.6 Å². The normalized spacial score (nSPS) is 14.9. The third-order valence-corrected chi connectivity index (χ3v) is 4.41. The van der Waals surface area contributed by atoms with Crippen LogP contribution in [-0.4, -0.2) is 54.3 Å². The molecule has 0 bridgehead atoms. The van der Waals surface area contributed by atoms with E-state index in [9.17, 15) is 32.3 Å². The molecule has 1 aliphatic heterocycles. The maximum absolute atomic E-state index is 12.2. The molecule has 0 saturated carbocycles. The smallest absolute Gasteiger partial charge is 0.454 e. The van der Waals surface area contributed by atoms with Crippen LogP contribution >= 0.6 is 0 Å². The molecule has 8 nitrogen and oxygen atoms in total.